The zero-order chi connectivity index (χ0) is 12.1. The molecule has 1 rings (SSSR count). The quantitative estimate of drug-likeness (QED) is 0.859. The number of aromatic nitrogens is 1. The highest BCUT2D eigenvalue weighted by molar-refractivity contribution is 9.10. The first-order valence-electron chi connectivity index (χ1n) is 4.69. The molecule has 0 spiro atoms. The molecule has 1 aromatic rings. The van der Waals surface area contributed by atoms with Gasteiger partial charge in [0, 0.05) is 17.7 Å². The van der Waals surface area contributed by atoms with E-state index in [4.69, 9.17) is 0 Å². The van der Waals surface area contributed by atoms with Gasteiger partial charge in [-0.3, -0.25) is 9.59 Å². The molecule has 0 aliphatic rings. The minimum absolute atomic E-state index is 0.250. The Kier molecular flexibility index (Phi) is 4.42. The molecular formula is C10H12BrN3O2. The SMILES string of the molecule is CNC(=O)C(C)NC(=O)c1ncccc1Br. The summed E-state index contributed by atoms with van der Waals surface area (Å²) in [5.74, 6) is -0.635. The van der Waals surface area contributed by atoms with Crippen LogP contribution in [0.25, 0.3) is 0 Å². The molecular weight excluding hydrogens is 274 g/mol. The highest BCUT2D eigenvalue weighted by Crippen LogP contribution is 2.12. The third kappa shape index (κ3) is 3.03. The van der Waals surface area contributed by atoms with E-state index in [1.807, 2.05) is 0 Å². The summed E-state index contributed by atoms with van der Waals surface area (Å²) in [4.78, 5) is 26.8. The van der Waals surface area contributed by atoms with Crippen LogP contribution in [-0.2, 0) is 4.79 Å². The number of rotatable bonds is 3. The number of hydrogen-bond donors (Lipinski definition) is 2. The lowest BCUT2D eigenvalue weighted by Gasteiger charge is -2.12. The van der Waals surface area contributed by atoms with Gasteiger partial charge in [-0.15, -0.1) is 0 Å². The average molecular weight is 286 g/mol. The second-order valence-corrected chi connectivity index (χ2v) is 4.00. The second kappa shape index (κ2) is 5.60. The number of likely N-dealkylation sites (N-methyl/N-ethyl adjacent to an activating group) is 1. The summed E-state index contributed by atoms with van der Waals surface area (Å²) in [6.45, 7) is 1.60. The van der Waals surface area contributed by atoms with Gasteiger partial charge in [0.05, 0.1) is 0 Å². The first kappa shape index (κ1) is 12.6. The Morgan fingerprint density at radius 1 is 1.50 bits per heavy atom. The first-order valence-corrected chi connectivity index (χ1v) is 5.48. The Morgan fingerprint density at radius 2 is 2.19 bits per heavy atom. The molecule has 0 radical (unpaired) electrons. The van der Waals surface area contributed by atoms with Gasteiger partial charge in [-0.25, -0.2) is 4.98 Å². The number of carbonyl (C=O) groups excluding carboxylic acids is 2. The van der Waals surface area contributed by atoms with Gasteiger partial charge in [-0.05, 0) is 35.0 Å². The van der Waals surface area contributed by atoms with Crippen LogP contribution in [-0.4, -0.2) is 29.9 Å². The smallest absolute Gasteiger partial charge is 0.271 e. The Labute approximate surface area is 102 Å². The van der Waals surface area contributed by atoms with Crippen LogP contribution in [0, 0.1) is 0 Å². The molecule has 0 fully saturated rings. The van der Waals surface area contributed by atoms with E-state index < -0.39 is 6.04 Å². The van der Waals surface area contributed by atoms with Crippen molar-refractivity contribution in [3.8, 4) is 0 Å². The summed E-state index contributed by atoms with van der Waals surface area (Å²) in [5, 5.41) is 4.99. The molecule has 0 saturated heterocycles. The summed E-state index contributed by atoms with van der Waals surface area (Å²) in [6, 6.07) is 2.83. The normalized spacial score (nSPS) is 11.7. The van der Waals surface area contributed by atoms with Crippen LogP contribution in [0.3, 0.4) is 0 Å². The Bertz CT molecular complexity index is 409. The van der Waals surface area contributed by atoms with Gasteiger partial charge in [0.1, 0.15) is 11.7 Å². The van der Waals surface area contributed by atoms with Crippen molar-refractivity contribution in [2.24, 2.45) is 0 Å². The van der Waals surface area contributed by atoms with Crippen molar-refractivity contribution in [3.05, 3.63) is 28.5 Å². The topological polar surface area (TPSA) is 71.1 Å². The van der Waals surface area contributed by atoms with E-state index in [-0.39, 0.29) is 17.5 Å². The summed E-state index contributed by atoms with van der Waals surface area (Å²) in [7, 11) is 1.52. The van der Waals surface area contributed by atoms with E-state index in [0.29, 0.717) is 4.47 Å². The molecule has 5 nitrogen and oxygen atoms in total. The predicted molar refractivity (Wildman–Crippen MR) is 62.9 cm³/mol. The van der Waals surface area contributed by atoms with Gasteiger partial charge in [0.2, 0.25) is 5.91 Å². The van der Waals surface area contributed by atoms with E-state index in [1.165, 1.54) is 13.2 Å². The van der Waals surface area contributed by atoms with Gasteiger partial charge in [-0.2, -0.15) is 0 Å². The van der Waals surface area contributed by atoms with Crippen LogP contribution in [0.1, 0.15) is 17.4 Å². The number of pyridine rings is 1. The van der Waals surface area contributed by atoms with Crippen molar-refractivity contribution in [1.82, 2.24) is 15.6 Å². The minimum Gasteiger partial charge on any atom is -0.357 e. The van der Waals surface area contributed by atoms with E-state index in [2.05, 4.69) is 31.5 Å². The van der Waals surface area contributed by atoms with Gasteiger partial charge >= 0.3 is 0 Å². The maximum atomic E-state index is 11.7. The number of hydrogen-bond acceptors (Lipinski definition) is 3. The van der Waals surface area contributed by atoms with Crippen LogP contribution in [0.2, 0.25) is 0 Å². The van der Waals surface area contributed by atoms with Crippen molar-refractivity contribution in [1.29, 1.82) is 0 Å². The molecule has 0 bridgehead atoms. The molecule has 86 valence electrons. The van der Waals surface area contributed by atoms with E-state index in [0.717, 1.165) is 0 Å². The second-order valence-electron chi connectivity index (χ2n) is 3.14. The van der Waals surface area contributed by atoms with Crippen molar-refractivity contribution in [2.75, 3.05) is 7.05 Å². The molecule has 0 aromatic carbocycles. The predicted octanol–water partition coefficient (Wildman–Crippen LogP) is 0.708. The van der Waals surface area contributed by atoms with Crippen molar-refractivity contribution < 1.29 is 9.59 Å². The minimum atomic E-state index is -0.591. The molecule has 1 unspecified atom stereocenters. The largest absolute Gasteiger partial charge is 0.357 e. The van der Waals surface area contributed by atoms with Crippen LogP contribution in [0.4, 0.5) is 0 Å². The molecule has 0 aliphatic heterocycles. The number of nitrogens with one attached hydrogen (secondary N) is 2. The molecule has 6 heteroatoms. The Balaban J connectivity index is 2.73. The summed E-state index contributed by atoms with van der Waals surface area (Å²) >= 11 is 3.22. The van der Waals surface area contributed by atoms with Gasteiger partial charge < -0.3 is 10.6 Å². The lowest BCUT2D eigenvalue weighted by atomic mass is 10.3. The fraction of sp³-hybridized carbons (Fsp3) is 0.300. The summed E-state index contributed by atoms with van der Waals surface area (Å²) in [5.41, 5.74) is 0.262. The van der Waals surface area contributed by atoms with E-state index in [9.17, 15) is 9.59 Å². The van der Waals surface area contributed by atoms with Crippen molar-refractivity contribution >= 4 is 27.7 Å². The fourth-order valence-corrected chi connectivity index (χ4v) is 1.53. The van der Waals surface area contributed by atoms with Gasteiger partial charge in [0.15, 0.2) is 0 Å². The van der Waals surface area contributed by atoms with Gasteiger partial charge in [0.25, 0.3) is 5.91 Å². The number of carbonyl (C=O) groups is 2. The maximum absolute atomic E-state index is 11.7. The van der Waals surface area contributed by atoms with Crippen LogP contribution < -0.4 is 10.6 Å². The molecule has 2 amide bonds. The molecule has 16 heavy (non-hydrogen) atoms. The van der Waals surface area contributed by atoms with Gasteiger partial charge in [-0.1, -0.05) is 0 Å². The Morgan fingerprint density at radius 3 is 2.75 bits per heavy atom. The monoisotopic (exact) mass is 285 g/mol. The molecule has 0 aliphatic carbocycles. The van der Waals surface area contributed by atoms with Crippen LogP contribution in [0.5, 0.6) is 0 Å². The number of nitrogens with zero attached hydrogens (tertiary/aromatic N) is 1. The summed E-state index contributed by atoms with van der Waals surface area (Å²) < 4.78 is 0.594. The standard InChI is InChI=1S/C10H12BrN3O2/c1-6(9(15)12-2)14-10(16)8-7(11)4-3-5-13-8/h3-6H,1-2H3,(H,12,15)(H,14,16). The molecule has 1 heterocycles. The molecule has 2 N–H and O–H groups in total. The highest BCUT2D eigenvalue weighted by Gasteiger charge is 2.17. The molecule has 0 saturated carbocycles. The van der Waals surface area contributed by atoms with E-state index in [1.54, 1.807) is 19.1 Å². The fourth-order valence-electron chi connectivity index (χ4n) is 1.10. The Hall–Kier alpha value is -1.43. The zero-order valence-corrected chi connectivity index (χ0v) is 10.5. The van der Waals surface area contributed by atoms with E-state index >= 15 is 0 Å². The third-order valence-corrected chi connectivity index (χ3v) is 2.60. The first-order chi connectivity index (χ1) is 7.56. The third-order valence-electron chi connectivity index (χ3n) is 1.96. The zero-order valence-electron chi connectivity index (χ0n) is 8.95. The molecule has 1 aromatic heterocycles. The number of amides is 2. The lowest BCUT2D eigenvalue weighted by Crippen LogP contribution is -2.43. The summed E-state index contributed by atoms with van der Waals surface area (Å²) in [6.07, 6.45) is 1.52. The highest BCUT2D eigenvalue weighted by atomic mass is 79.9. The van der Waals surface area contributed by atoms with Crippen molar-refractivity contribution in [2.45, 2.75) is 13.0 Å². The average Bonchev–Trinajstić information content (AvgIpc) is 2.28. The maximum Gasteiger partial charge on any atom is 0.271 e. The van der Waals surface area contributed by atoms with Crippen LogP contribution >= 0.6 is 15.9 Å². The number of halogens is 1. The lowest BCUT2D eigenvalue weighted by molar-refractivity contribution is -0.122. The van der Waals surface area contributed by atoms with Crippen molar-refractivity contribution in [3.63, 3.8) is 0 Å². The molecule has 1 atom stereocenters. The van der Waals surface area contributed by atoms with Crippen LogP contribution in [0.15, 0.2) is 22.8 Å².